The average Bonchev–Trinajstić information content (AvgIpc) is 2.74. The number of nitrogens with zero attached hydrogens (tertiary/aromatic N) is 2. The zero-order valence-corrected chi connectivity index (χ0v) is 12.3. The van der Waals surface area contributed by atoms with Gasteiger partial charge < -0.3 is 16.0 Å². The van der Waals surface area contributed by atoms with Crippen LogP contribution in [0.4, 0.5) is 0 Å². The number of aliphatic imine (C=N–C) groups is 1. The molecule has 4 heteroatoms. The van der Waals surface area contributed by atoms with Crippen LogP contribution in [0.25, 0.3) is 0 Å². The Hall–Kier alpha value is -0.770. The Morgan fingerprint density at radius 3 is 2.94 bits per heavy atom. The van der Waals surface area contributed by atoms with E-state index in [1.807, 2.05) is 0 Å². The molecule has 3 N–H and O–H groups in total. The van der Waals surface area contributed by atoms with Crippen molar-refractivity contribution in [2.24, 2.45) is 22.6 Å². The second-order valence-electron chi connectivity index (χ2n) is 5.79. The van der Waals surface area contributed by atoms with E-state index >= 15 is 0 Å². The van der Waals surface area contributed by atoms with Gasteiger partial charge in [0.25, 0.3) is 0 Å². The lowest BCUT2D eigenvalue weighted by molar-refractivity contribution is 0.326. The van der Waals surface area contributed by atoms with Crippen molar-refractivity contribution in [3.8, 4) is 0 Å². The van der Waals surface area contributed by atoms with Crippen LogP contribution in [0.2, 0.25) is 0 Å². The first-order chi connectivity index (χ1) is 8.61. The van der Waals surface area contributed by atoms with E-state index in [0.29, 0.717) is 17.8 Å². The van der Waals surface area contributed by atoms with Crippen molar-refractivity contribution in [2.75, 3.05) is 32.7 Å². The summed E-state index contributed by atoms with van der Waals surface area (Å²) in [5.41, 5.74) is 5.86. The molecule has 1 atom stereocenters. The predicted molar refractivity (Wildman–Crippen MR) is 78.8 cm³/mol. The number of nitrogens with two attached hydrogens (primary N) is 1. The van der Waals surface area contributed by atoms with Gasteiger partial charge in [-0.2, -0.15) is 0 Å². The minimum absolute atomic E-state index is 0.615. The van der Waals surface area contributed by atoms with Crippen molar-refractivity contribution in [1.82, 2.24) is 10.2 Å². The molecule has 0 amide bonds. The highest BCUT2D eigenvalue weighted by molar-refractivity contribution is 5.77. The fraction of sp³-hybridized carbons (Fsp3) is 0.929. The first-order valence-corrected chi connectivity index (χ1v) is 7.38. The lowest BCUT2D eigenvalue weighted by Crippen LogP contribution is -2.33. The molecule has 18 heavy (non-hydrogen) atoms. The van der Waals surface area contributed by atoms with E-state index in [0.717, 1.165) is 19.5 Å². The Morgan fingerprint density at radius 2 is 2.28 bits per heavy atom. The average molecular weight is 254 g/mol. The van der Waals surface area contributed by atoms with Crippen LogP contribution >= 0.6 is 0 Å². The Balaban J connectivity index is 2.15. The van der Waals surface area contributed by atoms with Crippen molar-refractivity contribution >= 4 is 5.96 Å². The van der Waals surface area contributed by atoms with Crippen molar-refractivity contribution in [3.63, 3.8) is 0 Å². The maximum absolute atomic E-state index is 5.86. The highest BCUT2D eigenvalue weighted by Gasteiger charge is 2.21. The van der Waals surface area contributed by atoms with Gasteiger partial charge in [0.1, 0.15) is 0 Å². The maximum atomic E-state index is 5.86. The molecule has 0 aromatic rings. The summed E-state index contributed by atoms with van der Waals surface area (Å²) in [6.07, 6.45) is 3.65. The third-order valence-corrected chi connectivity index (χ3v) is 3.46. The fourth-order valence-corrected chi connectivity index (χ4v) is 2.35. The Bertz CT molecular complexity index is 250. The van der Waals surface area contributed by atoms with Gasteiger partial charge >= 0.3 is 0 Å². The molecule has 4 nitrogen and oxygen atoms in total. The van der Waals surface area contributed by atoms with Gasteiger partial charge in [0, 0.05) is 19.6 Å². The van der Waals surface area contributed by atoms with Crippen molar-refractivity contribution in [3.05, 3.63) is 0 Å². The zero-order chi connectivity index (χ0) is 13.4. The molecule has 1 aliphatic rings. The van der Waals surface area contributed by atoms with Gasteiger partial charge in [-0.1, -0.05) is 20.8 Å². The summed E-state index contributed by atoms with van der Waals surface area (Å²) in [4.78, 5) is 6.98. The summed E-state index contributed by atoms with van der Waals surface area (Å²) in [7, 11) is 0. The van der Waals surface area contributed by atoms with Crippen LogP contribution in [-0.2, 0) is 0 Å². The molecule has 0 radical (unpaired) electrons. The van der Waals surface area contributed by atoms with E-state index in [2.05, 4.69) is 36.0 Å². The molecule has 1 saturated heterocycles. The van der Waals surface area contributed by atoms with E-state index in [-0.39, 0.29) is 0 Å². The van der Waals surface area contributed by atoms with Gasteiger partial charge in [-0.15, -0.1) is 0 Å². The fourth-order valence-electron chi connectivity index (χ4n) is 2.35. The lowest BCUT2D eigenvalue weighted by atomic mass is 10.1. The van der Waals surface area contributed by atoms with E-state index in [1.165, 1.54) is 32.5 Å². The van der Waals surface area contributed by atoms with Gasteiger partial charge in [-0.25, -0.2) is 0 Å². The molecule has 0 aromatic heterocycles. The molecule has 1 heterocycles. The van der Waals surface area contributed by atoms with E-state index in [9.17, 15) is 0 Å². The third-order valence-electron chi connectivity index (χ3n) is 3.46. The predicted octanol–water partition coefficient (Wildman–Crippen LogP) is 1.67. The van der Waals surface area contributed by atoms with Crippen LogP contribution in [0.15, 0.2) is 4.99 Å². The Morgan fingerprint density at radius 1 is 1.50 bits per heavy atom. The molecule has 1 fully saturated rings. The van der Waals surface area contributed by atoms with E-state index in [1.54, 1.807) is 0 Å². The second-order valence-corrected chi connectivity index (χ2v) is 5.79. The maximum Gasteiger partial charge on any atom is 0.188 e. The van der Waals surface area contributed by atoms with Crippen molar-refractivity contribution in [2.45, 2.75) is 40.0 Å². The minimum Gasteiger partial charge on any atom is -0.370 e. The molecule has 1 aliphatic heterocycles. The largest absolute Gasteiger partial charge is 0.370 e. The van der Waals surface area contributed by atoms with Gasteiger partial charge in [-0.3, -0.25) is 4.99 Å². The molecule has 0 aliphatic carbocycles. The summed E-state index contributed by atoms with van der Waals surface area (Å²) in [5, 5.41) is 3.19. The smallest absolute Gasteiger partial charge is 0.188 e. The number of guanidine groups is 1. The van der Waals surface area contributed by atoms with Crippen LogP contribution < -0.4 is 11.1 Å². The highest BCUT2D eigenvalue weighted by Crippen LogP contribution is 2.16. The lowest BCUT2D eigenvalue weighted by Gasteiger charge is -2.13. The van der Waals surface area contributed by atoms with Gasteiger partial charge in [0.2, 0.25) is 0 Å². The molecular weight excluding hydrogens is 224 g/mol. The molecule has 0 aromatic carbocycles. The Labute approximate surface area is 112 Å². The molecular formula is C14H30N4. The molecule has 0 spiro atoms. The van der Waals surface area contributed by atoms with Crippen LogP contribution in [-0.4, -0.2) is 43.6 Å². The summed E-state index contributed by atoms with van der Waals surface area (Å²) in [5.74, 6) is 2.02. The normalized spacial score (nSPS) is 21.8. The number of hydrogen-bond acceptors (Lipinski definition) is 2. The van der Waals surface area contributed by atoms with Gasteiger partial charge in [-0.05, 0) is 44.2 Å². The van der Waals surface area contributed by atoms with Crippen LogP contribution in [0.1, 0.15) is 40.0 Å². The molecule has 1 unspecified atom stereocenters. The summed E-state index contributed by atoms with van der Waals surface area (Å²) < 4.78 is 0. The first-order valence-electron chi connectivity index (χ1n) is 7.38. The van der Waals surface area contributed by atoms with Crippen LogP contribution in [0.3, 0.4) is 0 Å². The van der Waals surface area contributed by atoms with E-state index < -0.39 is 0 Å². The second kappa shape index (κ2) is 8.35. The highest BCUT2D eigenvalue weighted by atomic mass is 15.2. The number of hydrogen-bond donors (Lipinski definition) is 2. The molecule has 1 rings (SSSR count). The minimum atomic E-state index is 0.615. The molecule has 0 saturated carbocycles. The number of rotatable bonds is 7. The standard InChI is InChI=1S/C14H30N4/c1-4-8-18-9-6-13(11-18)10-17-14(15)16-7-5-12(2)3/h12-13H,4-11H2,1-3H3,(H3,15,16,17). The summed E-state index contributed by atoms with van der Waals surface area (Å²) in [6, 6.07) is 0. The first kappa shape index (κ1) is 15.3. The van der Waals surface area contributed by atoms with Crippen LogP contribution in [0.5, 0.6) is 0 Å². The topological polar surface area (TPSA) is 53.6 Å². The number of nitrogens with one attached hydrogen (secondary N) is 1. The van der Waals surface area contributed by atoms with Gasteiger partial charge in [0.15, 0.2) is 5.96 Å². The monoisotopic (exact) mass is 254 g/mol. The van der Waals surface area contributed by atoms with E-state index in [4.69, 9.17) is 5.73 Å². The summed E-state index contributed by atoms with van der Waals surface area (Å²) >= 11 is 0. The molecule has 0 bridgehead atoms. The van der Waals surface area contributed by atoms with Crippen molar-refractivity contribution < 1.29 is 0 Å². The number of likely N-dealkylation sites (tertiary alicyclic amines) is 1. The SMILES string of the molecule is CCCN1CCC(CN=C(N)NCCC(C)C)C1. The molecule has 106 valence electrons. The Kier molecular flexibility index (Phi) is 7.09. The van der Waals surface area contributed by atoms with Gasteiger partial charge in [0.05, 0.1) is 0 Å². The zero-order valence-electron chi connectivity index (χ0n) is 12.3. The quantitative estimate of drug-likeness (QED) is 0.537. The third kappa shape index (κ3) is 6.24. The van der Waals surface area contributed by atoms with Crippen molar-refractivity contribution in [1.29, 1.82) is 0 Å². The van der Waals surface area contributed by atoms with Crippen LogP contribution in [0, 0.1) is 11.8 Å². The summed E-state index contributed by atoms with van der Waals surface area (Å²) in [6.45, 7) is 12.1.